The van der Waals surface area contributed by atoms with Crippen LogP contribution in [0.3, 0.4) is 0 Å². The Morgan fingerprint density at radius 1 is 0.762 bits per heavy atom. The molecule has 0 atom stereocenters. The van der Waals surface area contributed by atoms with Crippen LogP contribution < -0.4 is 0 Å². The predicted octanol–water partition coefficient (Wildman–Crippen LogP) is 6.57. The van der Waals surface area contributed by atoms with Crippen LogP contribution in [0.15, 0.2) is 11.7 Å². The molecule has 0 radical (unpaired) electrons. The van der Waals surface area contributed by atoms with Gasteiger partial charge in [0, 0.05) is 0 Å². The van der Waals surface area contributed by atoms with Crippen LogP contribution in [-0.4, -0.2) is 0 Å². The van der Waals surface area contributed by atoms with E-state index in [-0.39, 0.29) is 0 Å². The molecule has 3 aliphatic rings. The van der Waals surface area contributed by atoms with E-state index in [1.807, 2.05) is 0 Å². The maximum atomic E-state index is 12.5. The van der Waals surface area contributed by atoms with Crippen molar-refractivity contribution in [2.45, 2.75) is 77.6 Å². The third-order valence-corrected chi connectivity index (χ3v) is 6.90. The summed E-state index contributed by atoms with van der Waals surface area (Å²) in [5, 5.41) is 0. The second-order valence-electron chi connectivity index (χ2n) is 7.90. The third kappa shape index (κ3) is 3.51. The van der Waals surface area contributed by atoms with E-state index in [2.05, 4.69) is 6.92 Å². The Balaban J connectivity index is 1.41. The van der Waals surface area contributed by atoms with E-state index in [1.165, 1.54) is 57.8 Å². The summed E-state index contributed by atoms with van der Waals surface area (Å²) in [7, 11) is 0. The van der Waals surface area contributed by atoms with Gasteiger partial charge in [-0.3, -0.25) is 0 Å². The standard InChI is InChI=1S/C19H30F2/c1-2-13-3-5-14(6-4-13)15-7-9-16(10-8-15)17-11-18(12-17)19(20)21/h13-17H,2-12H2,1H3. The van der Waals surface area contributed by atoms with Gasteiger partial charge in [-0.25, -0.2) is 0 Å². The molecule has 0 aromatic carbocycles. The summed E-state index contributed by atoms with van der Waals surface area (Å²) in [6, 6.07) is 0. The first-order valence-electron chi connectivity index (χ1n) is 9.20. The lowest BCUT2D eigenvalue weighted by atomic mass is 9.63. The monoisotopic (exact) mass is 296 g/mol. The van der Waals surface area contributed by atoms with Crippen LogP contribution in [0.5, 0.6) is 0 Å². The van der Waals surface area contributed by atoms with E-state index in [9.17, 15) is 8.78 Å². The van der Waals surface area contributed by atoms with Crippen LogP contribution in [0.25, 0.3) is 0 Å². The first-order chi connectivity index (χ1) is 10.2. The molecule has 0 amide bonds. The van der Waals surface area contributed by atoms with Crippen molar-refractivity contribution in [2.75, 3.05) is 0 Å². The van der Waals surface area contributed by atoms with Gasteiger partial charge in [-0.15, -0.1) is 0 Å². The Morgan fingerprint density at radius 2 is 1.19 bits per heavy atom. The van der Waals surface area contributed by atoms with Crippen molar-refractivity contribution >= 4 is 0 Å². The lowest BCUT2D eigenvalue weighted by Gasteiger charge is -2.42. The Kier molecular flexibility index (Phi) is 5.01. The number of hydrogen-bond donors (Lipinski definition) is 0. The number of halogens is 2. The third-order valence-electron chi connectivity index (χ3n) is 6.90. The van der Waals surface area contributed by atoms with Crippen LogP contribution in [-0.2, 0) is 0 Å². The summed E-state index contributed by atoms with van der Waals surface area (Å²) in [6.45, 7) is 2.33. The van der Waals surface area contributed by atoms with Crippen molar-refractivity contribution in [2.24, 2.45) is 29.6 Å². The van der Waals surface area contributed by atoms with Gasteiger partial charge < -0.3 is 0 Å². The summed E-state index contributed by atoms with van der Waals surface area (Å²) < 4.78 is 24.9. The van der Waals surface area contributed by atoms with Crippen LogP contribution >= 0.6 is 0 Å². The van der Waals surface area contributed by atoms with Gasteiger partial charge in [0.1, 0.15) is 0 Å². The minimum Gasteiger partial charge on any atom is -0.173 e. The average molecular weight is 296 g/mol. The molecule has 120 valence electrons. The summed E-state index contributed by atoms with van der Waals surface area (Å²) >= 11 is 0. The largest absolute Gasteiger partial charge is 0.269 e. The Labute approximate surface area is 128 Å². The second-order valence-corrected chi connectivity index (χ2v) is 7.90. The van der Waals surface area contributed by atoms with Crippen molar-refractivity contribution in [1.29, 1.82) is 0 Å². The normalized spacial score (nSPS) is 40.7. The number of rotatable bonds is 3. The van der Waals surface area contributed by atoms with Gasteiger partial charge in [-0.2, -0.15) is 8.78 Å². The topological polar surface area (TPSA) is 0 Å². The van der Waals surface area contributed by atoms with Gasteiger partial charge in [0.05, 0.1) is 0 Å². The first-order valence-corrected chi connectivity index (χ1v) is 9.20. The van der Waals surface area contributed by atoms with Gasteiger partial charge >= 0.3 is 0 Å². The fourth-order valence-electron chi connectivity index (χ4n) is 5.22. The maximum Gasteiger partial charge on any atom is 0.269 e. The Morgan fingerprint density at radius 3 is 1.62 bits per heavy atom. The molecular weight excluding hydrogens is 266 g/mol. The quantitative estimate of drug-likeness (QED) is 0.552. The van der Waals surface area contributed by atoms with E-state index in [1.54, 1.807) is 0 Å². The highest BCUT2D eigenvalue weighted by atomic mass is 19.3. The summed E-state index contributed by atoms with van der Waals surface area (Å²) in [6.07, 6.45) is 12.5. The molecule has 0 unspecified atom stereocenters. The molecule has 0 heterocycles. The van der Waals surface area contributed by atoms with E-state index in [0.717, 1.165) is 23.7 Å². The molecule has 0 bridgehead atoms. The van der Waals surface area contributed by atoms with Gasteiger partial charge in [0.2, 0.25) is 0 Å². The molecule has 3 fully saturated rings. The molecule has 3 aliphatic carbocycles. The zero-order chi connectivity index (χ0) is 14.8. The van der Waals surface area contributed by atoms with E-state index in [0.29, 0.717) is 24.3 Å². The fraction of sp³-hybridized carbons (Fsp3) is 0.895. The van der Waals surface area contributed by atoms with Crippen molar-refractivity contribution < 1.29 is 8.78 Å². The van der Waals surface area contributed by atoms with Crippen LogP contribution in [0.4, 0.5) is 8.78 Å². The highest BCUT2D eigenvalue weighted by Crippen LogP contribution is 2.49. The fourth-order valence-corrected chi connectivity index (χ4v) is 5.22. The van der Waals surface area contributed by atoms with Crippen molar-refractivity contribution in [1.82, 2.24) is 0 Å². The average Bonchev–Trinajstić information content (AvgIpc) is 2.46. The van der Waals surface area contributed by atoms with Crippen LogP contribution in [0.2, 0.25) is 0 Å². The smallest absolute Gasteiger partial charge is 0.173 e. The Hall–Kier alpha value is -0.400. The lowest BCUT2D eigenvalue weighted by Crippen LogP contribution is -2.31. The SMILES string of the molecule is CCC1CCC(C2CCC(C3CC(=C(F)F)C3)CC2)CC1. The molecule has 0 nitrogen and oxygen atoms in total. The van der Waals surface area contributed by atoms with Crippen LogP contribution in [0.1, 0.15) is 77.6 Å². The zero-order valence-electron chi connectivity index (χ0n) is 13.4. The minimum atomic E-state index is -1.40. The van der Waals surface area contributed by atoms with Crippen molar-refractivity contribution in [3.05, 3.63) is 11.7 Å². The van der Waals surface area contributed by atoms with E-state index in [4.69, 9.17) is 0 Å². The van der Waals surface area contributed by atoms with Crippen molar-refractivity contribution in [3.8, 4) is 0 Å². The molecule has 3 rings (SSSR count). The molecule has 0 saturated heterocycles. The molecule has 0 aromatic rings. The van der Waals surface area contributed by atoms with Gasteiger partial charge in [-0.05, 0) is 86.5 Å². The van der Waals surface area contributed by atoms with Gasteiger partial charge in [0.25, 0.3) is 6.08 Å². The molecule has 0 aliphatic heterocycles. The summed E-state index contributed by atoms with van der Waals surface area (Å²) in [4.78, 5) is 0. The first kappa shape index (κ1) is 15.5. The maximum absolute atomic E-state index is 12.5. The molecular formula is C19H30F2. The molecule has 0 aromatic heterocycles. The molecule has 0 spiro atoms. The van der Waals surface area contributed by atoms with E-state index >= 15 is 0 Å². The molecule has 3 saturated carbocycles. The highest BCUT2D eigenvalue weighted by Gasteiger charge is 2.37. The summed E-state index contributed by atoms with van der Waals surface area (Å²) in [5.41, 5.74) is 0.444. The molecule has 21 heavy (non-hydrogen) atoms. The van der Waals surface area contributed by atoms with Gasteiger partial charge in [0.15, 0.2) is 0 Å². The predicted molar refractivity (Wildman–Crippen MR) is 83.2 cm³/mol. The second kappa shape index (κ2) is 6.79. The van der Waals surface area contributed by atoms with E-state index < -0.39 is 6.08 Å². The van der Waals surface area contributed by atoms with Crippen molar-refractivity contribution in [3.63, 3.8) is 0 Å². The highest BCUT2D eigenvalue weighted by molar-refractivity contribution is 5.14. The lowest BCUT2D eigenvalue weighted by molar-refractivity contribution is 0.111. The number of allylic oxidation sites excluding steroid dienone is 1. The Bertz CT molecular complexity index is 359. The van der Waals surface area contributed by atoms with Gasteiger partial charge in [-0.1, -0.05) is 26.2 Å². The summed E-state index contributed by atoms with van der Waals surface area (Å²) in [5.74, 6) is 4.25. The molecule has 2 heteroatoms. The number of hydrogen-bond acceptors (Lipinski definition) is 0. The molecule has 0 N–H and O–H groups in total. The minimum absolute atomic E-state index is 0.444. The zero-order valence-corrected chi connectivity index (χ0v) is 13.4. The van der Waals surface area contributed by atoms with Crippen LogP contribution in [0, 0.1) is 29.6 Å².